The Morgan fingerprint density at radius 2 is 2.25 bits per heavy atom. The van der Waals surface area contributed by atoms with Crippen molar-refractivity contribution in [3.63, 3.8) is 0 Å². The Labute approximate surface area is 97.3 Å². The highest BCUT2D eigenvalue weighted by molar-refractivity contribution is 5.78. The van der Waals surface area contributed by atoms with Gasteiger partial charge < -0.3 is 20.9 Å². The largest absolute Gasteiger partial charge is 0.388 e. The minimum absolute atomic E-state index is 0.0947. The third-order valence-corrected chi connectivity index (χ3v) is 2.64. The molecular weight excluding hydrogens is 208 g/mol. The average molecular weight is 232 g/mol. The second-order valence-corrected chi connectivity index (χ2v) is 4.30. The van der Waals surface area contributed by atoms with Crippen LogP contribution in [0.5, 0.6) is 0 Å². The Bertz CT molecular complexity index is 203. The number of ether oxygens (including phenoxy) is 1. The molecule has 4 N–H and O–H groups in total. The summed E-state index contributed by atoms with van der Waals surface area (Å²) in [6.45, 7) is 4.63. The molecular formula is C11H24N2O3. The first-order valence-corrected chi connectivity index (χ1v) is 5.66. The highest BCUT2D eigenvalue weighted by Crippen LogP contribution is 2.08. The van der Waals surface area contributed by atoms with Gasteiger partial charge in [-0.2, -0.15) is 0 Å². The van der Waals surface area contributed by atoms with Gasteiger partial charge >= 0.3 is 0 Å². The molecule has 0 radical (unpaired) electrons. The topological polar surface area (TPSA) is 84.6 Å². The maximum Gasteiger partial charge on any atom is 0.224 e. The molecule has 0 aromatic rings. The van der Waals surface area contributed by atoms with E-state index in [9.17, 15) is 9.90 Å². The second kappa shape index (κ2) is 7.60. The van der Waals surface area contributed by atoms with Crippen molar-refractivity contribution in [1.82, 2.24) is 5.32 Å². The van der Waals surface area contributed by atoms with Crippen LogP contribution in [0.4, 0.5) is 0 Å². The van der Waals surface area contributed by atoms with Crippen molar-refractivity contribution >= 4 is 5.91 Å². The van der Waals surface area contributed by atoms with Crippen LogP contribution in [0.1, 0.15) is 26.7 Å². The smallest absolute Gasteiger partial charge is 0.224 e. The molecule has 16 heavy (non-hydrogen) atoms. The predicted octanol–water partition coefficient (Wildman–Crippen LogP) is -0.125. The summed E-state index contributed by atoms with van der Waals surface area (Å²) >= 11 is 0. The third kappa shape index (κ3) is 6.05. The summed E-state index contributed by atoms with van der Waals surface area (Å²) in [7, 11) is 1.58. The molecule has 0 fully saturated rings. The summed E-state index contributed by atoms with van der Waals surface area (Å²) < 4.78 is 4.88. The molecule has 0 aliphatic rings. The zero-order valence-corrected chi connectivity index (χ0v) is 10.5. The van der Waals surface area contributed by atoms with Crippen molar-refractivity contribution in [1.29, 1.82) is 0 Å². The van der Waals surface area contributed by atoms with E-state index >= 15 is 0 Å². The normalized spacial score (nSPS) is 16.6. The number of aliphatic hydroxyl groups is 1. The lowest BCUT2D eigenvalue weighted by Crippen LogP contribution is -2.44. The van der Waals surface area contributed by atoms with Crippen LogP contribution in [-0.4, -0.2) is 43.4 Å². The van der Waals surface area contributed by atoms with Gasteiger partial charge in [0.1, 0.15) is 0 Å². The lowest BCUT2D eigenvalue weighted by Gasteiger charge is -2.24. The highest BCUT2D eigenvalue weighted by atomic mass is 16.5. The zero-order chi connectivity index (χ0) is 12.6. The van der Waals surface area contributed by atoms with Gasteiger partial charge in [-0.05, 0) is 13.3 Å². The first kappa shape index (κ1) is 15.3. The molecule has 0 aliphatic heterocycles. The van der Waals surface area contributed by atoms with Gasteiger partial charge in [-0.3, -0.25) is 4.79 Å². The number of rotatable bonds is 8. The summed E-state index contributed by atoms with van der Waals surface area (Å²) in [4.78, 5) is 11.6. The van der Waals surface area contributed by atoms with Crippen molar-refractivity contribution in [2.75, 3.05) is 26.8 Å². The quantitative estimate of drug-likeness (QED) is 0.544. The van der Waals surface area contributed by atoms with Crippen molar-refractivity contribution in [3.8, 4) is 0 Å². The van der Waals surface area contributed by atoms with E-state index in [0.29, 0.717) is 26.0 Å². The maximum absolute atomic E-state index is 11.6. The summed E-state index contributed by atoms with van der Waals surface area (Å²) in [5.41, 5.74) is 4.53. The molecule has 5 nitrogen and oxygen atoms in total. The minimum Gasteiger partial charge on any atom is -0.388 e. The van der Waals surface area contributed by atoms with Crippen LogP contribution >= 0.6 is 0 Å². The molecule has 0 aliphatic carbocycles. The van der Waals surface area contributed by atoms with Crippen LogP contribution in [0, 0.1) is 5.92 Å². The minimum atomic E-state index is -0.932. The van der Waals surface area contributed by atoms with Crippen molar-refractivity contribution in [2.24, 2.45) is 11.7 Å². The fraction of sp³-hybridized carbons (Fsp3) is 0.909. The van der Waals surface area contributed by atoms with Crippen molar-refractivity contribution < 1.29 is 14.6 Å². The highest BCUT2D eigenvalue weighted by Gasteiger charge is 2.22. The lowest BCUT2D eigenvalue weighted by molar-refractivity contribution is -0.126. The predicted molar refractivity (Wildman–Crippen MR) is 63.0 cm³/mol. The lowest BCUT2D eigenvalue weighted by atomic mass is 10.0. The standard InChI is InChI=1S/C11H24N2O3/c1-4-9(7-12)10(14)13-8-11(2,15)5-6-16-3/h9,15H,4-8,12H2,1-3H3,(H,13,14). The van der Waals surface area contributed by atoms with Gasteiger partial charge in [0.25, 0.3) is 0 Å². The summed E-state index contributed by atoms with van der Waals surface area (Å²) in [6.07, 6.45) is 1.20. The van der Waals surface area contributed by atoms with Crippen LogP contribution < -0.4 is 11.1 Å². The van der Waals surface area contributed by atoms with E-state index in [1.165, 1.54) is 0 Å². The Morgan fingerprint density at radius 3 is 2.69 bits per heavy atom. The van der Waals surface area contributed by atoms with E-state index in [2.05, 4.69) is 5.32 Å². The van der Waals surface area contributed by atoms with Gasteiger partial charge in [0, 0.05) is 39.1 Å². The molecule has 0 saturated heterocycles. The number of methoxy groups -OCH3 is 1. The average Bonchev–Trinajstić information content (AvgIpc) is 2.25. The third-order valence-electron chi connectivity index (χ3n) is 2.64. The van der Waals surface area contributed by atoms with E-state index in [-0.39, 0.29) is 18.4 Å². The van der Waals surface area contributed by atoms with Crippen LogP contribution in [0.2, 0.25) is 0 Å². The molecule has 5 heteroatoms. The summed E-state index contributed by atoms with van der Waals surface area (Å²) in [5, 5.41) is 12.6. The fourth-order valence-electron chi connectivity index (χ4n) is 1.29. The molecule has 2 unspecified atom stereocenters. The monoisotopic (exact) mass is 232 g/mol. The van der Waals surface area contributed by atoms with Crippen molar-refractivity contribution in [2.45, 2.75) is 32.3 Å². The first-order valence-electron chi connectivity index (χ1n) is 5.66. The van der Waals surface area contributed by atoms with E-state index in [1.807, 2.05) is 6.92 Å². The molecule has 0 spiro atoms. The molecule has 0 saturated carbocycles. The number of hydrogen-bond acceptors (Lipinski definition) is 4. The molecule has 0 bridgehead atoms. The number of carbonyl (C=O) groups excluding carboxylic acids is 1. The Balaban J connectivity index is 3.97. The van der Waals surface area contributed by atoms with Gasteiger partial charge in [-0.25, -0.2) is 0 Å². The number of carbonyl (C=O) groups is 1. The SMILES string of the molecule is CCC(CN)C(=O)NCC(C)(O)CCOC. The first-order chi connectivity index (χ1) is 7.46. The Hall–Kier alpha value is -0.650. The number of amides is 1. The Morgan fingerprint density at radius 1 is 1.62 bits per heavy atom. The molecule has 96 valence electrons. The zero-order valence-electron chi connectivity index (χ0n) is 10.5. The molecule has 0 rings (SSSR count). The molecule has 0 heterocycles. The van der Waals surface area contributed by atoms with Crippen LogP contribution in [0.3, 0.4) is 0 Å². The van der Waals surface area contributed by atoms with E-state index in [1.54, 1.807) is 14.0 Å². The van der Waals surface area contributed by atoms with Gasteiger partial charge in [0.15, 0.2) is 0 Å². The number of nitrogens with two attached hydrogens (primary N) is 1. The summed E-state index contributed by atoms with van der Waals surface area (Å²) in [6, 6.07) is 0. The summed E-state index contributed by atoms with van der Waals surface area (Å²) in [5.74, 6) is -0.263. The van der Waals surface area contributed by atoms with Gasteiger partial charge in [-0.15, -0.1) is 0 Å². The van der Waals surface area contributed by atoms with E-state index in [0.717, 1.165) is 0 Å². The van der Waals surface area contributed by atoms with Crippen LogP contribution in [0.25, 0.3) is 0 Å². The van der Waals surface area contributed by atoms with Gasteiger partial charge in [0.05, 0.1) is 5.60 Å². The molecule has 2 atom stereocenters. The van der Waals surface area contributed by atoms with Crippen LogP contribution in [0.15, 0.2) is 0 Å². The second-order valence-electron chi connectivity index (χ2n) is 4.30. The molecule has 0 aromatic heterocycles. The van der Waals surface area contributed by atoms with Gasteiger partial charge in [0.2, 0.25) is 5.91 Å². The van der Waals surface area contributed by atoms with E-state index in [4.69, 9.17) is 10.5 Å². The fourth-order valence-corrected chi connectivity index (χ4v) is 1.29. The van der Waals surface area contributed by atoms with Crippen LogP contribution in [-0.2, 0) is 9.53 Å². The Kier molecular flexibility index (Phi) is 7.29. The van der Waals surface area contributed by atoms with Gasteiger partial charge in [-0.1, -0.05) is 6.92 Å². The number of nitrogens with one attached hydrogen (secondary N) is 1. The molecule has 0 aromatic carbocycles. The van der Waals surface area contributed by atoms with E-state index < -0.39 is 5.60 Å². The number of hydrogen-bond donors (Lipinski definition) is 3. The van der Waals surface area contributed by atoms with Crippen molar-refractivity contribution in [3.05, 3.63) is 0 Å². The maximum atomic E-state index is 11.6. The molecule has 1 amide bonds.